The fraction of sp³-hybridized carbons (Fsp3) is 0.235. The first kappa shape index (κ1) is 15.7. The van der Waals surface area contributed by atoms with Crippen LogP contribution >= 0.6 is 0 Å². The molecule has 22 heavy (non-hydrogen) atoms. The van der Waals surface area contributed by atoms with Crippen molar-refractivity contribution in [2.45, 2.75) is 26.3 Å². The average molecular weight is 297 g/mol. The van der Waals surface area contributed by atoms with Gasteiger partial charge in [0.1, 0.15) is 5.69 Å². The van der Waals surface area contributed by atoms with Gasteiger partial charge in [0.05, 0.1) is 11.3 Å². The summed E-state index contributed by atoms with van der Waals surface area (Å²) in [5.74, 6) is -0.546. The lowest BCUT2D eigenvalue weighted by Crippen LogP contribution is -2.32. The number of carbonyl (C=O) groups is 2. The standard InChI is InChI=1S/C17H19N3O2/c1-3-12(2)19-16(21)13-8-4-5-9-14(13)20-17(22)15-10-6-7-11-18-15/h4-12H,3H2,1-2H3,(H,19,21)(H,20,22)/t12-/m0/s1. The fourth-order valence-corrected chi connectivity index (χ4v) is 1.88. The number of pyridine rings is 1. The SMILES string of the molecule is CC[C@H](C)NC(=O)c1ccccc1NC(=O)c1ccccn1. The predicted molar refractivity (Wildman–Crippen MR) is 85.9 cm³/mol. The van der Waals surface area contributed by atoms with Crippen LogP contribution in [0.1, 0.15) is 41.1 Å². The first-order valence-corrected chi connectivity index (χ1v) is 7.24. The Bertz CT molecular complexity index is 656. The summed E-state index contributed by atoms with van der Waals surface area (Å²) < 4.78 is 0. The Morgan fingerprint density at radius 3 is 2.50 bits per heavy atom. The summed E-state index contributed by atoms with van der Waals surface area (Å²) in [4.78, 5) is 28.4. The second-order valence-corrected chi connectivity index (χ2v) is 5.00. The summed E-state index contributed by atoms with van der Waals surface area (Å²) in [7, 11) is 0. The van der Waals surface area contributed by atoms with Gasteiger partial charge in [-0.1, -0.05) is 25.1 Å². The Balaban J connectivity index is 2.18. The Kier molecular flexibility index (Phi) is 5.25. The molecular weight excluding hydrogens is 278 g/mol. The van der Waals surface area contributed by atoms with Gasteiger partial charge in [-0.25, -0.2) is 0 Å². The second kappa shape index (κ2) is 7.36. The largest absolute Gasteiger partial charge is 0.350 e. The van der Waals surface area contributed by atoms with Gasteiger partial charge >= 0.3 is 0 Å². The van der Waals surface area contributed by atoms with Crippen LogP contribution in [0.4, 0.5) is 5.69 Å². The number of hydrogen-bond donors (Lipinski definition) is 2. The number of para-hydroxylation sites is 1. The molecule has 0 aliphatic heterocycles. The third kappa shape index (κ3) is 3.91. The molecule has 1 aromatic heterocycles. The number of benzene rings is 1. The second-order valence-electron chi connectivity index (χ2n) is 5.00. The maximum absolute atomic E-state index is 12.3. The summed E-state index contributed by atoms with van der Waals surface area (Å²) in [5.41, 5.74) is 1.21. The Morgan fingerprint density at radius 1 is 1.09 bits per heavy atom. The van der Waals surface area contributed by atoms with Crippen molar-refractivity contribution in [1.29, 1.82) is 0 Å². The van der Waals surface area contributed by atoms with Crippen molar-refractivity contribution in [2.24, 2.45) is 0 Å². The van der Waals surface area contributed by atoms with E-state index in [-0.39, 0.29) is 17.9 Å². The molecule has 5 heteroatoms. The number of rotatable bonds is 5. The van der Waals surface area contributed by atoms with Gasteiger partial charge in [-0.3, -0.25) is 14.6 Å². The molecule has 0 aliphatic carbocycles. The van der Waals surface area contributed by atoms with Gasteiger partial charge < -0.3 is 10.6 Å². The molecule has 2 aromatic rings. The van der Waals surface area contributed by atoms with Crippen molar-refractivity contribution in [3.8, 4) is 0 Å². The summed E-state index contributed by atoms with van der Waals surface area (Å²) in [6.07, 6.45) is 2.39. The van der Waals surface area contributed by atoms with Crippen LogP contribution in [0, 0.1) is 0 Å². The molecule has 0 fully saturated rings. The van der Waals surface area contributed by atoms with Gasteiger partial charge in [0, 0.05) is 12.2 Å². The van der Waals surface area contributed by atoms with Crippen molar-refractivity contribution in [2.75, 3.05) is 5.32 Å². The maximum Gasteiger partial charge on any atom is 0.274 e. The van der Waals surface area contributed by atoms with E-state index in [1.165, 1.54) is 0 Å². The normalized spacial score (nSPS) is 11.5. The number of nitrogens with zero attached hydrogens (tertiary/aromatic N) is 1. The van der Waals surface area contributed by atoms with Crippen LogP contribution in [0.5, 0.6) is 0 Å². The monoisotopic (exact) mass is 297 g/mol. The number of nitrogens with one attached hydrogen (secondary N) is 2. The van der Waals surface area contributed by atoms with E-state index in [0.717, 1.165) is 6.42 Å². The molecule has 1 atom stereocenters. The highest BCUT2D eigenvalue weighted by Gasteiger charge is 2.15. The van der Waals surface area contributed by atoms with Crippen LogP contribution < -0.4 is 10.6 Å². The van der Waals surface area contributed by atoms with Crippen LogP contribution in [0.3, 0.4) is 0 Å². The lowest BCUT2D eigenvalue weighted by atomic mass is 10.1. The highest BCUT2D eigenvalue weighted by Crippen LogP contribution is 2.16. The van der Waals surface area contributed by atoms with Gasteiger partial charge in [-0.05, 0) is 37.6 Å². The van der Waals surface area contributed by atoms with Crippen molar-refractivity contribution in [3.05, 3.63) is 59.9 Å². The van der Waals surface area contributed by atoms with E-state index in [9.17, 15) is 9.59 Å². The summed E-state index contributed by atoms with van der Waals surface area (Å²) in [5, 5.41) is 5.63. The van der Waals surface area contributed by atoms with Crippen LogP contribution in [-0.4, -0.2) is 22.8 Å². The van der Waals surface area contributed by atoms with E-state index in [0.29, 0.717) is 16.9 Å². The van der Waals surface area contributed by atoms with Crippen LogP contribution in [0.2, 0.25) is 0 Å². The predicted octanol–water partition coefficient (Wildman–Crippen LogP) is 2.86. The smallest absolute Gasteiger partial charge is 0.274 e. The van der Waals surface area contributed by atoms with Crippen molar-refractivity contribution in [1.82, 2.24) is 10.3 Å². The minimum Gasteiger partial charge on any atom is -0.350 e. The molecule has 2 amide bonds. The Labute approximate surface area is 129 Å². The van der Waals surface area contributed by atoms with Crippen molar-refractivity contribution < 1.29 is 9.59 Å². The zero-order valence-electron chi connectivity index (χ0n) is 12.7. The first-order chi connectivity index (χ1) is 10.6. The molecule has 1 aromatic carbocycles. The number of carbonyl (C=O) groups excluding carboxylic acids is 2. The van der Waals surface area contributed by atoms with Gasteiger partial charge in [0.25, 0.3) is 11.8 Å². The van der Waals surface area contributed by atoms with Crippen LogP contribution in [0.25, 0.3) is 0 Å². The van der Waals surface area contributed by atoms with Gasteiger partial charge in [0.15, 0.2) is 0 Å². The molecule has 0 saturated heterocycles. The van der Waals surface area contributed by atoms with Crippen molar-refractivity contribution >= 4 is 17.5 Å². The maximum atomic E-state index is 12.3. The average Bonchev–Trinajstić information content (AvgIpc) is 2.55. The highest BCUT2D eigenvalue weighted by atomic mass is 16.2. The number of amides is 2. The highest BCUT2D eigenvalue weighted by molar-refractivity contribution is 6.08. The van der Waals surface area contributed by atoms with Gasteiger partial charge in [-0.15, -0.1) is 0 Å². The lowest BCUT2D eigenvalue weighted by Gasteiger charge is -2.14. The topological polar surface area (TPSA) is 71.1 Å². The summed E-state index contributed by atoms with van der Waals surface area (Å²) in [6.45, 7) is 3.94. The molecule has 0 spiro atoms. The molecule has 0 bridgehead atoms. The summed E-state index contributed by atoms with van der Waals surface area (Å²) in [6, 6.07) is 12.1. The zero-order chi connectivity index (χ0) is 15.9. The number of anilines is 1. The Morgan fingerprint density at radius 2 is 1.82 bits per heavy atom. The zero-order valence-corrected chi connectivity index (χ0v) is 12.7. The molecular formula is C17H19N3O2. The minimum atomic E-state index is -0.343. The lowest BCUT2D eigenvalue weighted by molar-refractivity contribution is 0.0940. The summed E-state index contributed by atoms with van der Waals surface area (Å²) >= 11 is 0. The molecule has 0 aliphatic rings. The van der Waals surface area contributed by atoms with Crippen LogP contribution in [-0.2, 0) is 0 Å². The van der Waals surface area contributed by atoms with Gasteiger partial charge in [0.2, 0.25) is 0 Å². The molecule has 2 N–H and O–H groups in total. The third-order valence-electron chi connectivity index (χ3n) is 3.31. The van der Waals surface area contributed by atoms with E-state index < -0.39 is 0 Å². The molecule has 114 valence electrons. The fourth-order valence-electron chi connectivity index (χ4n) is 1.88. The molecule has 5 nitrogen and oxygen atoms in total. The van der Waals surface area contributed by atoms with Crippen LogP contribution in [0.15, 0.2) is 48.7 Å². The van der Waals surface area contributed by atoms with E-state index in [4.69, 9.17) is 0 Å². The van der Waals surface area contributed by atoms with E-state index in [1.54, 1.807) is 48.7 Å². The van der Waals surface area contributed by atoms with E-state index in [1.807, 2.05) is 13.8 Å². The molecule has 0 saturated carbocycles. The molecule has 0 unspecified atom stereocenters. The third-order valence-corrected chi connectivity index (χ3v) is 3.31. The number of aromatic nitrogens is 1. The Hall–Kier alpha value is -2.69. The first-order valence-electron chi connectivity index (χ1n) is 7.24. The van der Waals surface area contributed by atoms with Gasteiger partial charge in [-0.2, -0.15) is 0 Å². The molecule has 0 radical (unpaired) electrons. The molecule has 2 rings (SSSR count). The molecule has 1 heterocycles. The quantitative estimate of drug-likeness (QED) is 0.891. The van der Waals surface area contributed by atoms with E-state index in [2.05, 4.69) is 15.6 Å². The van der Waals surface area contributed by atoms with Crippen molar-refractivity contribution in [3.63, 3.8) is 0 Å². The minimum absolute atomic E-state index is 0.0760. The number of hydrogen-bond acceptors (Lipinski definition) is 3. The van der Waals surface area contributed by atoms with E-state index >= 15 is 0 Å².